The molecular weight excluding hydrogens is 325 g/mol. The van der Waals surface area contributed by atoms with E-state index in [1.54, 1.807) is 43.8 Å². The summed E-state index contributed by atoms with van der Waals surface area (Å²) in [5, 5.41) is 2.76. The average Bonchev–Trinajstić information content (AvgIpc) is 2.81. The minimum atomic E-state index is -0.763. The predicted octanol–water partition coefficient (Wildman–Crippen LogP) is 2.42. The van der Waals surface area contributed by atoms with Gasteiger partial charge in [0.1, 0.15) is 11.6 Å². The number of imidazole rings is 1. The van der Waals surface area contributed by atoms with Crippen molar-refractivity contribution in [2.24, 2.45) is 14.1 Å². The van der Waals surface area contributed by atoms with Gasteiger partial charge in [-0.05, 0) is 49.4 Å². The molecule has 130 valence electrons. The molecule has 1 amide bonds. The smallest absolute Gasteiger partial charge is 0.328 e. The van der Waals surface area contributed by atoms with Gasteiger partial charge < -0.3 is 10.1 Å². The van der Waals surface area contributed by atoms with E-state index >= 15 is 0 Å². The van der Waals surface area contributed by atoms with E-state index in [9.17, 15) is 14.0 Å². The van der Waals surface area contributed by atoms with Crippen LogP contribution in [0.1, 0.15) is 6.92 Å². The first-order valence-corrected chi connectivity index (χ1v) is 7.75. The summed E-state index contributed by atoms with van der Waals surface area (Å²) in [6, 6.07) is 10.7. The summed E-state index contributed by atoms with van der Waals surface area (Å²) in [6.07, 6.45) is -0.763. The number of aryl methyl sites for hydroxylation is 2. The quantitative estimate of drug-likeness (QED) is 0.791. The summed E-state index contributed by atoms with van der Waals surface area (Å²) in [6.45, 7) is 1.61. The molecule has 1 unspecified atom stereocenters. The molecule has 25 heavy (non-hydrogen) atoms. The van der Waals surface area contributed by atoms with Crippen molar-refractivity contribution in [3.05, 3.63) is 58.8 Å². The number of halogens is 1. The number of aromatic nitrogens is 2. The van der Waals surface area contributed by atoms with Crippen molar-refractivity contribution in [1.29, 1.82) is 0 Å². The summed E-state index contributed by atoms with van der Waals surface area (Å²) < 4.78 is 21.5. The van der Waals surface area contributed by atoms with Gasteiger partial charge in [0.25, 0.3) is 5.91 Å². The number of hydrogen-bond donors (Lipinski definition) is 1. The molecule has 1 aromatic heterocycles. The predicted molar refractivity (Wildman–Crippen MR) is 93.3 cm³/mol. The summed E-state index contributed by atoms with van der Waals surface area (Å²) in [5.74, 6) is -0.305. The monoisotopic (exact) mass is 343 g/mol. The van der Waals surface area contributed by atoms with E-state index in [2.05, 4.69) is 5.32 Å². The first kappa shape index (κ1) is 16.8. The molecule has 0 bridgehead atoms. The highest BCUT2D eigenvalue weighted by Crippen LogP contribution is 2.19. The van der Waals surface area contributed by atoms with Crippen LogP contribution in [0.15, 0.2) is 47.3 Å². The zero-order chi connectivity index (χ0) is 18.1. The summed E-state index contributed by atoms with van der Waals surface area (Å²) >= 11 is 0. The Morgan fingerprint density at radius 2 is 1.72 bits per heavy atom. The molecule has 0 aliphatic carbocycles. The average molecular weight is 343 g/mol. The highest BCUT2D eigenvalue weighted by atomic mass is 19.1. The molecule has 0 radical (unpaired) electrons. The lowest BCUT2D eigenvalue weighted by Crippen LogP contribution is -2.30. The molecule has 0 saturated heterocycles. The third-order valence-corrected chi connectivity index (χ3v) is 4.04. The highest BCUT2D eigenvalue weighted by Gasteiger charge is 2.16. The largest absolute Gasteiger partial charge is 0.481 e. The Balaban J connectivity index is 1.76. The SMILES string of the molecule is CC(Oc1ccc(F)cc1)C(=O)Nc1ccc2c(c1)n(C)c(=O)n2C. The molecule has 3 rings (SSSR count). The van der Waals surface area contributed by atoms with E-state index in [4.69, 9.17) is 4.74 Å². The second-order valence-corrected chi connectivity index (χ2v) is 5.81. The van der Waals surface area contributed by atoms with Crippen LogP contribution in [-0.4, -0.2) is 21.1 Å². The lowest BCUT2D eigenvalue weighted by Gasteiger charge is -2.15. The molecule has 3 aromatic rings. The molecular formula is C18H18FN3O3. The minimum Gasteiger partial charge on any atom is -0.481 e. The highest BCUT2D eigenvalue weighted by molar-refractivity contribution is 5.95. The van der Waals surface area contributed by atoms with Crippen molar-refractivity contribution in [3.8, 4) is 5.75 Å². The van der Waals surface area contributed by atoms with Crippen LogP contribution in [0.2, 0.25) is 0 Å². The fourth-order valence-corrected chi connectivity index (χ4v) is 2.60. The number of fused-ring (bicyclic) bond motifs is 1. The van der Waals surface area contributed by atoms with Crippen molar-refractivity contribution in [2.45, 2.75) is 13.0 Å². The third-order valence-electron chi connectivity index (χ3n) is 4.04. The van der Waals surface area contributed by atoms with E-state index in [0.717, 1.165) is 11.0 Å². The molecule has 0 aliphatic heterocycles. The molecule has 0 spiro atoms. The maximum absolute atomic E-state index is 12.9. The Labute approximate surface area is 143 Å². The molecule has 2 aromatic carbocycles. The van der Waals surface area contributed by atoms with Crippen LogP contribution in [0.3, 0.4) is 0 Å². The number of nitrogens with one attached hydrogen (secondary N) is 1. The fraction of sp³-hybridized carbons (Fsp3) is 0.222. The zero-order valence-corrected chi connectivity index (χ0v) is 14.1. The Hall–Kier alpha value is -3.09. The first-order valence-electron chi connectivity index (χ1n) is 7.75. The first-order chi connectivity index (χ1) is 11.9. The number of benzene rings is 2. The van der Waals surface area contributed by atoms with Crippen molar-refractivity contribution in [1.82, 2.24) is 9.13 Å². The Morgan fingerprint density at radius 1 is 1.08 bits per heavy atom. The van der Waals surface area contributed by atoms with Gasteiger partial charge in [-0.2, -0.15) is 0 Å². The number of rotatable bonds is 4. The van der Waals surface area contributed by atoms with Gasteiger partial charge in [0.05, 0.1) is 11.0 Å². The Kier molecular flexibility index (Phi) is 4.31. The number of nitrogens with zero attached hydrogens (tertiary/aromatic N) is 2. The van der Waals surface area contributed by atoms with Crippen molar-refractivity contribution >= 4 is 22.6 Å². The number of amides is 1. The third kappa shape index (κ3) is 3.26. The van der Waals surface area contributed by atoms with Crippen LogP contribution < -0.4 is 15.7 Å². The van der Waals surface area contributed by atoms with Crippen LogP contribution in [0, 0.1) is 5.82 Å². The van der Waals surface area contributed by atoms with E-state index in [-0.39, 0.29) is 17.4 Å². The maximum Gasteiger partial charge on any atom is 0.328 e. The van der Waals surface area contributed by atoms with Gasteiger partial charge in [-0.1, -0.05) is 0 Å². The van der Waals surface area contributed by atoms with Crippen molar-refractivity contribution in [2.75, 3.05) is 5.32 Å². The number of anilines is 1. The van der Waals surface area contributed by atoms with Gasteiger partial charge in [-0.15, -0.1) is 0 Å². The lowest BCUT2D eigenvalue weighted by molar-refractivity contribution is -0.122. The summed E-state index contributed by atoms with van der Waals surface area (Å²) in [7, 11) is 3.37. The molecule has 7 heteroatoms. The van der Waals surface area contributed by atoms with Crippen LogP contribution in [0.4, 0.5) is 10.1 Å². The molecule has 0 fully saturated rings. The van der Waals surface area contributed by atoms with Crippen LogP contribution >= 0.6 is 0 Å². The van der Waals surface area contributed by atoms with Gasteiger partial charge in [-0.3, -0.25) is 13.9 Å². The van der Waals surface area contributed by atoms with Crippen LogP contribution in [0.5, 0.6) is 5.75 Å². The molecule has 1 N–H and O–H groups in total. The van der Waals surface area contributed by atoms with Crippen LogP contribution in [0.25, 0.3) is 11.0 Å². The normalized spacial score (nSPS) is 12.2. The van der Waals surface area contributed by atoms with Crippen molar-refractivity contribution < 1.29 is 13.9 Å². The van der Waals surface area contributed by atoms with E-state index < -0.39 is 6.10 Å². The molecule has 1 atom stereocenters. The van der Waals surface area contributed by atoms with E-state index in [0.29, 0.717) is 11.4 Å². The van der Waals surface area contributed by atoms with Crippen molar-refractivity contribution in [3.63, 3.8) is 0 Å². The number of ether oxygens (including phenoxy) is 1. The standard InChI is InChI=1S/C18H18FN3O3/c1-11(25-14-7-4-12(19)5-8-14)17(23)20-13-6-9-15-16(10-13)22(3)18(24)21(15)2/h4-11H,1-3H3,(H,20,23). The lowest BCUT2D eigenvalue weighted by atomic mass is 10.2. The Morgan fingerprint density at radius 3 is 2.40 bits per heavy atom. The van der Waals surface area contributed by atoms with Gasteiger partial charge in [-0.25, -0.2) is 9.18 Å². The van der Waals surface area contributed by atoms with Gasteiger partial charge in [0, 0.05) is 19.8 Å². The second-order valence-electron chi connectivity index (χ2n) is 5.81. The number of hydrogen-bond acceptors (Lipinski definition) is 3. The number of carbonyl (C=O) groups excluding carboxylic acids is 1. The molecule has 0 saturated carbocycles. The minimum absolute atomic E-state index is 0.133. The second kappa shape index (κ2) is 6.43. The number of carbonyl (C=O) groups is 1. The molecule has 6 nitrogen and oxygen atoms in total. The fourth-order valence-electron chi connectivity index (χ4n) is 2.60. The van der Waals surface area contributed by atoms with E-state index in [1.807, 2.05) is 0 Å². The van der Waals surface area contributed by atoms with Gasteiger partial charge in [0.15, 0.2) is 6.10 Å². The molecule has 1 heterocycles. The topological polar surface area (TPSA) is 65.3 Å². The van der Waals surface area contributed by atoms with Crippen LogP contribution in [-0.2, 0) is 18.9 Å². The maximum atomic E-state index is 12.9. The van der Waals surface area contributed by atoms with Gasteiger partial charge in [0.2, 0.25) is 0 Å². The van der Waals surface area contributed by atoms with E-state index in [1.165, 1.54) is 28.8 Å². The molecule has 0 aliphatic rings. The zero-order valence-electron chi connectivity index (χ0n) is 14.1. The Bertz CT molecular complexity index is 989. The summed E-state index contributed by atoms with van der Waals surface area (Å²) in [4.78, 5) is 24.2. The van der Waals surface area contributed by atoms with Gasteiger partial charge >= 0.3 is 5.69 Å². The summed E-state index contributed by atoms with van der Waals surface area (Å²) in [5.41, 5.74) is 1.93.